The van der Waals surface area contributed by atoms with Crippen LogP contribution in [-0.2, 0) is 6.42 Å². The molecular weight excluding hydrogens is 224 g/mol. The Balaban J connectivity index is 2.40. The first-order valence-electron chi connectivity index (χ1n) is 5.13. The van der Waals surface area contributed by atoms with Crippen molar-refractivity contribution in [2.24, 2.45) is 0 Å². The number of rotatable bonds is 5. The van der Waals surface area contributed by atoms with Crippen molar-refractivity contribution < 1.29 is 4.79 Å². The van der Waals surface area contributed by atoms with Gasteiger partial charge in [0.05, 0.1) is 0 Å². The Bertz CT molecular complexity index is 375. The minimum absolute atomic E-state index is 0.276. The molecular formula is C10H16N4OS. The number of anilines is 1. The highest BCUT2D eigenvalue weighted by Gasteiger charge is 2.06. The zero-order chi connectivity index (χ0) is 12.0. The number of aryl methyl sites for hydroxylation is 1. The molecule has 16 heavy (non-hydrogen) atoms. The zero-order valence-electron chi connectivity index (χ0n) is 9.54. The van der Waals surface area contributed by atoms with Crippen LogP contribution in [0.15, 0.2) is 12.2 Å². The monoisotopic (exact) mass is 240 g/mol. The Morgan fingerprint density at radius 3 is 2.88 bits per heavy atom. The number of hydrogen-bond donors (Lipinski definition) is 2. The largest absolute Gasteiger partial charge is 0.334 e. The van der Waals surface area contributed by atoms with Gasteiger partial charge in [-0.25, -0.2) is 4.79 Å². The second-order valence-electron chi connectivity index (χ2n) is 3.52. The second-order valence-corrected chi connectivity index (χ2v) is 4.58. The number of hydrogen-bond acceptors (Lipinski definition) is 4. The van der Waals surface area contributed by atoms with Crippen LogP contribution in [0.2, 0.25) is 0 Å². The van der Waals surface area contributed by atoms with E-state index in [2.05, 4.69) is 34.3 Å². The summed E-state index contributed by atoms with van der Waals surface area (Å²) in [7, 11) is 0. The molecule has 0 aliphatic carbocycles. The van der Waals surface area contributed by atoms with E-state index in [0.29, 0.717) is 11.7 Å². The first-order chi connectivity index (χ1) is 7.61. The number of nitrogens with one attached hydrogen (secondary N) is 2. The van der Waals surface area contributed by atoms with E-state index in [1.807, 2.05) is 6.92 Å². The summed E-state index contributed by atoms with van der Waals surface area (Å²) in [6.45, 7) is 8.09. The third-order valence-corrected chi connectivity index (χ3v) is 2.60. The van der Waals surface area contributed by atoms with Crippen molar-refractivity contribution in [2.75, 3.05) is 11.9 Å². The molecule has 1 rings (SSSR count). The summed E-state index contributed by atoms with van der Waals surface area (Å²) in [5, 5.41) is 14.6. The van der Waals surface area contributed by atoms with Crippen LogP contribution in [0.3, 0.4) is 0 Å². The lowest BCUT2D eigenvalue weighted by atomic mass is 10.3. The van der Waals surface area contributed by atoms with Gasteiger partial charge in [-0.1, -0.05) is 30.4 Å². The van der Waals surface area contributed by atoms with Crippen molar-refractivity contribution in [3.05, 3.63) is 17.2 Å². The maximum Gasteiger partial charge on any atom is 0.321 e. The molecule has 6 heteroatoms. The van der Waals surface area contributed by atoms with Crippen molar-refractivity contribution in [3.8, 4) is 0 Å². The first kappa shape index (κ1) is 12.6. The summed E-state index contributed by atoms with van der Waals surface area (Å²) in [4.78, 5) is 11.4. The van der Waals surface area contributed by atoms with E-state index in [0.717, 1.165) is 23.4 Å². The predicted octanol–water partition coefficient (Wildman–Crippen LogP) is 2.19. The van der Waals surface area contributed by atoms with E-state index in [1.54, 1.807) is 0 Å². The van der Waals surface area contributed by atoms with Crippen LogP contribution in [0.1, 0.15) is 25.3 Å². The van der Waals surface area contributed by atoms with E-state index in [1.165, 1.54) is 11.3 Å². The maximum absolute atomic E-state index is 11.4. The van der Waals surface area contributed by atoms with Crippen molar-refractivity contribution >= 4 is 22.5 Å². The highest BCUT2D eigenvalue weighted by Crippen LogP contribution is 2.15. The highest BCUT2D eigenvalue weighted by molar-refractivity contribution is 7.15. The van der Waals surface area contributed by atoms with Crippen LogP contribution < -0.4 is 10.6 Å². The maximum atomic E-state index is 11.4. The number of aromatic nitrogens is 2. The van der Waals surface area contributed by atoms with Crippen molar-refractivity contribution in [3.63, 3.8) is 0 Å². The van der Waals surface area contributed by atoms with Gasteiger partial charge in [0, 0.05) is 13.0 Å². The minimum Gasteiger partial charge on any atom is -0.334 e. The quantitative estimate of drug-likeness (QED) is 0.775. The van der Waals surface area contributed by atoms with Gasteiger partial charge < -0.3 is 5.32 Å². The molecule has 0 aromatic carbocycles. The number of nitrogens with zero attached hydrogens (tertiary/aromatic N) is 2. The van der Waals surface area contributed by atoms with Gasteiger partial charge in [-0.15, -0.1) is 10.2 Å². The summed E-state index contributed by atoms with van der Waals surface area (Å²) in [6.07, 6.45) is 1.92. The molecule has 88 valence electrons. The molecule has 0 aliphatic rings. The molecule has 0 atom stereocenters. The summed E-state index contributed by atoms with van der Waals surface area (Å²) in [6, 6.07) is -0.276. The van der Waals surface area contributed by atoms with Gasteiger partial charge in [-0.05, 0) is 13.3 Å². The molecule has 2 N–H and O–H groups in total. The lowest BCUT2D eigenvalue weighted by molar-refractivity contribution is 0.253. The van der Waals surface area contributed by atoms with Crippen molar-refractivity contribution in [1.82, 2.24) is 15.5 Å². The fraction of sp³-hybridized carbons (Fsp3) is 0.500. The van der Waals surface area contributed by atoms with E-state index >= 15 is 0 Å². The standard InChI is InChI=1S/C10H16N4OS/c1-4-5-8-13-14-10(16-8)12-9(15)11-6-7(2)3/h2,4-6H2,1,3H3,(H2,11,12,14,15). The van der Waals surface area contributed by atoms with Gasteiger partial charge in [-0.2, -0.15) is 0 Å². The molecule has 0 spiro atoms. The smallest absolute Gasteiger partial charge is 0.321 e. The molecule has 1 heterocycles. The Labute approximate surface area is 99.0 Å². The van der Waals surface area contributed by atoms with Crippen LogP contribution >= 0.6 is 11.3 Å². The van der Waals surface area contributed by atoms with E-state index in [4.69, 9.17) is 0 Å². The number of carbonyl (C=O) groups is 1. The highest BCUT2D eigenvalue weighted by atomic mass is 32.1. The molecule has 2 amide bonds. The van der Waals surface area contributed by atoms with Gasteiger partial charge >= 0.3 is 6.03 Å². The molecule has 0 unspecified atom stereocenters. The summed E-state index contributed by atoms with van der Waals surface area (Å²) < 4.78 is 0. The Morgan fingerprint density at radius 1 is 1.50 bits per heavy atom. The van der Waals surface area contributed by atoms with Crippen LogP contribution in [0, 0.1) is 0 Å². The van der Waals surface area contributed by atoms with Crippen molar-refractivity contribution in [1.29, 1.82) is 0 Å². The predicted molar refractivity (Wildman–Crippen MR) is 65.7 cm³/mol. The molecule has 0 saturated heterocycles. The number of amides is 2. The Morgan fingerprint density at radius 2 is 2.25 bits per heavy atom. The SMILES string of the molecule is C=C(C)CNC(=O)Nc1nnc(CCC)s1. The summed E-state index contributed by atoms with van der Waals surface area (Å²) in [5.41, 5.74) is 0.902. The molecule has 0 aliphatic heterocycles. The molecule has 0 bridgehead atoms. The molecule has 0 radical (unpaired) electrons. The molecule has 0 saturated carbocycles. The van der Waals surface area contributed by atoms with Crippen LogP contribution in [0.5, 0.6) is 0 Å². The molecule has 1 aromatic rings. The van der Waals surface area contributed by atoms with Crippen LogP contribution in [0.25, 0.3) is 0 Å². The lowest BCUT2D eigenvalue weighted by Crippen LogP contribution is -2.29. The fourth-order valence-electron chi connectivity index (χ4n) is 0.991. The Kier molecular flexibility index (Phi) is 4.91. The van der Waals surface area contributed by atoms with Crippen LogP contribution in [-0.4, -0.2) is 22.8 Å². The number of urea groups is 1. The van der Waals surface area contributed by atoms with E-state index in [9.17, 15) is 4.79 Å². The van der Waals surface area contributed by atoms with Gasteiger partial charge in [0.1, 0.15) is 5.01 Å². The van der Waals surface area contributed by atoms with Gasteiger partial charge in [0.2, 0.25) is 5.13 Å². The normalized spacial score (nSPS) is 9.88. The topological polar surface area (TPSA) is 66.9 Å². The molecule has 0 fully saturated rings. The summed E-state index contributed by atoms with van der Waals surface area (Å²) in [5.74, 6) is 0. The summed E-state index contributed by atoms with van der Waals surface area (Å²) >= 11 is 1.40. The zero-order valence-corrected chi connectivity index (χ0v) is 10.4. The van der Waals surface area contributed by atoms with Gasteiger partial charge in [0.25, 0.3) is 0 Å². The third kappa shape index (κ3) is 4.39. The molecule has 5 nitrogen and oxygen atoms in total. The first-order valence-corrected chi connectivity index (χ1v) is 5.95. The number of carbonyl (C=O) groups excluding carboxylic acids is 1. The second kappa shape index (κ2) is 6.22. The fourth-order valence-corrected chi connectivity index (χ4v) is 1.83. The lowest BCUT2D eigenvalue weighted by Gasteiger charge is -2.03. The van der Waals surface area contributed by atoms with E-state index in [-0.39, 0.29) is 6.03 Å². The van der Waals surface area contributed by atoms with Gasteiger partial charge in [0.15, 0.2) is 0 Å². The minimum atomic E-state index is -0.276. The van der Waals surface area contributed by atoms with E-state index < -0.39 is 0 Å². The van der Waals surface area contributed by atoms with Crippen LogP contribution in [0.4, 0.5) is 9.93 Å². The Hall–Kier alpha value is -1.43. The average molecular weight is 240 g/mol. The molecule has 1 aromatic heterocycles. The third-order valence-electron chi connectivity index (χ3n) is 1.70. The van der Waals surface area contributed by atoms with Gasteiger partial charge in [-0.3, -0.25) is 5.32 Å². The van der Waals surface area contributed by atoms with Crippen molar-refractivity contribution in [2.45, 2.75) is 26.7 Å². The average Bonchev–Trinajstić information content (AvgIpc) is 2.63.